The molecule has 2 aromatic rings. The Kier molecular flexibility index (Phi) is 6.79. The number of aromatic nitrogens is 2. The number of ether oxygens (including phenoxy) is 2. The summed E-state index contributed by atoms with van der Waals surface area (Å²) in [5.74, 6) is -0.203. The monoisotopic (exact) mass is 409 g/mol. The fourth-order valence-electron chi connectivity index (χ4n) is 3.12. The maximum Gasteiger partial charge on any atom is 0.309 e. The smallest absolute Gasteiger partial charge is 0.309 e. The van der Waals surface area contributed by atoms with Gasteiger partial charge in [0.15, 0.2) is 17.7 Å². The topological polar surface area (TPSA) is 69.7 Å². The molecule has 7 nitrogen and oxygen atoms in total. The van der Waals surface area contributed by atoms with Crippen LogP contribution in [-0.4, -0.2) is 40.3 Å². The van der Waals surface area contributed by atoms with E-state index >= 15 is 0 Å². The van der Waals surface area contributed by atoms with Crippen LogP contribution in [0.1, 0.15) is 38.7 Å². The Morgan fingerprint density at radius 2 is 2.11 bits per heavy atom. The van der Waals surface area contributed by atoms with E-state index in [1.54, 1.807) is 29.8 Å². The third kappa shape index (κ3) is 4.96. The number of esters is 1. The van der Waals surface area contributed by atoms with Gasteiger partial charge < -0.3 is 13.9 Å². The number of nitrogens with zero attached hydrogens (tertiary/aromatic N) is 3. The van der Waals surface area contributed by atoms with Crippen LogP contribution >= 0.6 is 12.2 Å². The van der Waals surface area contributed by atoms with Crippen molar-refractivity contribution in [1.29, 1.82) is 0 Å². The number of benzene rings is 1. The number of rotatable bonds is 7. The third-order valence-electron chi connectivity index (χ3n) is 4.65. The lowest BCUT2D eigenvalue weighted by atomic mass is 9.97. The number of likely N-dealkylation sites (tertiary alicyclic amines) is 1. The summed E-state index contributed by atoms with van der Waals surface area (Å²) in [6, 6.07) is 6.17. The molecule has 1 fully saturated rings. The van der Waals surface area contributed by atoms with Crippen molar-refractivity contribution < 1.29 is 23.1 Å². The first-order chi connectivity index (χ1) is 13.5. The Morgan fingerprint density at radius 1 is 1.39 bits per heavy atom. The van der Waals surface area contributed by atoms with E-state index in [2.05, 4.69) is 10.00 Å². The number of para-hydroxylation sites is 1. The summed E-state index contributed by atoms with van der Waals surface area (Å²) in [6.07, 6.45) is 0.891. The second-order valence-corrected chi connectivity index (χ2v) is 7.03. The van der Waals surface area contributed by atoms with Gasteiger partial charge in [-0.15, -0.1) is 5.10 Å². The summed E-state index contributed by atoms with van der Waals surface area (Å²) < 4.78 is 31.6. The maximum absolute atomic E-state index is 13.8. The second-order valence-electron chi connectivity index (χ2n) is 6.68. The van der Waals surface area contributed by atoms with Crippen LogP contribution in [0.25, 0.3) is 0 Å². The van der Waals surface area contributed by atoms with Crippen LogP contribution in [0.15, 0.2) is 28.7 Å². The van der Waals surface area contributed by atoms with Crippen LogP contribution in [0.3, 0.4) is 0 Å². The zero-order valence-corrected chi connectivity index (χ0v) is 16.8. The minimum atomic E-state index is -0.589. The molecule has 9 heteroatoms. The average Bonchev–Trinajstić information content (AvgIpc) is 3.05. The molecule has 0 unspecified atom stereocenters. The normalized spacial score (nSPS) is 16.7. The van der Waals surface area contributed by atoms with E-state index < -0.39 is 11.9 Å². The molecule has 2 heterocycles. The zero-order chi connectivity index (χ0) is 20.1. The highest BCUT2D eigenvalue weighted by Gasteiger charge is 2.26. The van der Waals surface area contributed by atoms with Crippen LogP contribution in [0, 0.1) is 16.6 Å². The molecule has 1 aliphatic heterocycles. The summed E-state index contributed by atoms with van der Waals surface area (Å²) in [5.41, 5.74) is 0. The lowest BCUT2D eigenvalue weighted by Crippen LogP contribution is -2.38. The van der Waals surface area contributed by atoms with E-state index in [0.29, 0.717) is 13.3 Å². The van der Waals surface area contributed by atoms with E-state index in [-0.39, 0.29) is 28.4 Å². The molecule has 0 bridgehead atoms. The minimum Gasteiger partial charge on any atom is -0.478 e. The van der Waals surface area contributed by atoms with Crippen LogP contribution in [-0.2, 0) is 16.2 Å². The maximum atomic E-state index is 13.8. The highest BCUT2D eigenvalue weighted by Crippen LogP contribution is 2.24. The van der Waals surface area contributed by atoms with Crippen molar-refractivity contribution in [2.24, 2.45) is 5.92 Å². The van der Waals surface area contributed by atoms with E-state index in [0.717, 1.165) is 25.9 Å². The molecule has 1 aromatic carbocycles. The van der Waals surface area contributed by atoms with Crippen LogP contribution in [0.2, 0.25) is 0 Å². The SMILES string of the molecule is CCOC(=O)C1CCN(Cn2nc([C@H](C)Oc3ccccc3F)oc2=S)CC1. The van der Waals surface area contributed by atoms with Crippen molar-refractivity contribution in [3.8, 4) is 5.75 Å². The average molecular weight is 409 g/mol. The number of halogens is 1. The van der Waals surface area contributed by atoms with Crippen molar-refractivity contribution in [3.05, 3.63) is 40.8 Å². The number of carbonyl (C=O) groups is 1. The molecular formula is C19H24FN3O4S. The molecule has 3 rings (SSSR count). The Bertz CT molecular complexity index is 861. The fraction of sp³-hybridized carbons (Fsp3) is 0.526. The van der Waals surface area contributed by atoms with E-state index in [1.165, 1.54) is 6.07 Å². The summed E-state index contributed by atoms with van der Waals surface area (Å²) in [7, 11) is 0. The van der Waals surface area contributed by atoms with Gasteiger partial charge in [0, 0.05) is 13.1 Å². The first kappa shape index (κ1) is 20.5. The minimum absolute atomic E-state index is 0.0498. The van der Waals surface area contributed by atoms with Crippen molar-refractivity contribution >= 4 is 18.2 Å². The lowest BCUT2D eigenvalue weighted by Gasteiger charge is -2.30. The van der Waals surface area contributed by atoms with Crippen molar-refractivity contribution in [2.45, 2.75) is 39.5 Å². The Labute approximate surface area is 168 Å². The summed E-state index contributed by atoms with van der Waals surface area (Å²) in [4.78, 5) is 14.2. The van der Waals surface area contributed by atoms with Crippen LogP contribution in [0.4, 0.5) is 4.39 Å². The van der Waals surface area contributed by atoms with Crippen molar-refractivity contribution in [2.75, 3.05) is 19.7 Å². The number of hydrogen-bond donors (Lipinski definition) is 0. The molecule has 0 saturated carbocycles. The quantitative estimate of drug-likeness (QED) is 0.510. The van der Waals surface area contributed by atoms with Crippen molar-refractivity contribution in [3.63, 3.8) is 0 Å². The molecule has 0 amide bonds. The predicted octanol–water partition coefficient (Wildman–Crippen LogP) is 3.72. The highest BCUT2D eigenvalue weighted by atomic mass is 32.1. The van der Waals surface area contributed by atoms with Gasteiger partial charge >= 0.3 is 5.97 Å². The zero-order valence-electron chi connectivity index (χ0n) is 16.0. The molecule has 0 N–H and O–H groups in total. The molecule has 28 heavy (non-hydrogen) atoms. The van der Waals surface area contributed by atoms with Gasteiger partial charge in [-0.1, -0.05) is 12.1 Å². The summed E-state index contributed by atoms with van der Waals surface area (Å²) in [5, 5.41) is 4.38. The van der Waals surface area contributed by atoms with E-state index in [9.17, 15) is 9.18 Å². The Morgan fingerprint density at radius 3 is 2.79 bits per heavy atom. The van der Waals surface area contributed by atoms with E-state index in [4.69, 9.17) is 26.1 Å². The van der Waals surface area contributed by atoms with Crippen molar-refractivity contribution in [1.82, 2.24) is 14.7 Å². The molecule has 1 aliphatic rings. The van der Waals surface area contributed by atoms with E-state index in [1.807, 2.05) is 6.92 Å². The second kappa shape index (κ2) is 9.29. The Hall–Kier alpha value is -2.26. The molecule has 0 radical (unpaired) electrons. The molecule has 1 aromatic heterocycles. The number of carbonyl (C=O) groups excluding carboxylic acids is 1. The molecule has 0 spiro atoms. The summed E-state index contributed by atoms with van der Waals surface area (Å²) in [6.45, 7) is 5.90. The lowest BCUT2D eigenvalue weighted by molar-refractivity contribution is -0.149. The first-order valence-corrected chi connectivity index (χ1v) is 9.76. The van der Waals surface area contributed by atoms with Gasteiger partial charge in [-0.05, 0) is 51.0 Å². The molecule has 152 valence electrons. The van der Waals surface area contributed by atoms with Gasteiger partial charge in [-0.2, -0.15) is 0 Å². The standard InChI is InChI=1S/C19H24FN3O4S/c1-3-25-18(24)14-8-10-22(11-9-14)12-23-19(28)27-17(21-23)13(2)26-16-7-5-4-6-15(16)20/h4-7,13-14H,3,8-12H2,1-2H3/t13-/m0/s1. The van der Waals surface area contributed by atoms with Crippen LogP contribution < -0.4 is 4.74 Å². The molecule has 1 saturated heterocycles. The first-order valence-electron chi connectivity index (χ1n) is 9.36. The Balaban J connectivity index is 1.58. The van der Waals surface area contributed by atoms with Gasteiger partial charge in [0.25, 0.3) is 10.7 Å². The highest BCUT2D eigenvalue weighted by molar-refractivity contribution is 7.71. The molecule has 0 aliphatic carbocycles. The largest absolute Gasteiger partial charge is 0.478 e. The van der Waals surface area contributed by atoms with Gasteiger partial charge in [0.1, 0.15) is 0 Å². The van der Waals surface area contributed by atoms with Gasteiger partial charge in [0.05, 0.1) is 19.2 Å². The van der Waals surface area contributed by atoms with Crippen LogP contribution in [0.5, 0.6) is 5.75 Å². The van der Waals surface area contributed by atoms with Gasteiger partial charge in [-0.25, -0.2) is 9.07 Å². The summed E-state index contributed by atoms with van der Waals surface area (Å²) >= 11 is 5.25. The molecule has 1 atom stereocenters. The predicted molar refractivity (Wildman–Crippen MR) is 102 cm³/mol. The van der Waals surface area contributed by atoms with Gasteiger partial charge in [-0.3, -0.25) is 9.69 Å². The third-order valence-corrected chi connectivity index (χ3v) is 4.95. The number of piperidine rings is 1. The fourth-order valence-corrected chi connectivity index (χ4v) is 3.30. The molecular weight excluding hydrogens is 385 g/mol. The number of hydrogen-bond acceptors (Lipinski definition) is 7. The van der Waals surface area contributed by atoms with Gasteiger partial charge in [0.2, 0.25) is 0 Å².